The lowest BCUT2D eigenvalue weighted by Gasteiger charge is -2.18. The summed E-state index contributed by atoms with van der Waals surface area (Å²) in [7, 11) is 0. The van der Waals surface area contributed by atoms with E-state index in [4.69, 9.17) is 0 Å². The number of anilines is 1. The number of hydrogen-bond donors (Lipinski definition) is 3. The van der Waals surface area contributed by atoms with Crippen LogP contribution in [0.2, 0.25) is 0 Å². The number of aliphatic hydroxyl groups excluding tert-OH is 1. The normalized spacial score (nSPS) is 27.1. The largest absolute Gasteiger partial charge is 0.390 e. The summed E-state index contributed by atoms with van der Waals surface area (Å²) in [6, 6.07) is 0.958. The molecule has 2 heterocycles. The van der Waals surface area contributed by atoms with Crippen molar-refractivity contribution in [1.29, 1.82) is 0 Å². The van der Waals surface area contributed by atoms with Gasteiger partial charge in [0.15, 0.2) is 0 Å². The molecule has 1 aliphatic rings. The van der Waals surface area contributed by atoms with Crippen molar-refractivity contribution >= 4 is 11.6 Å². The molecule has 2 aromatic rings. The average molecular weight is 319 g/mol. The lowest BCUT2D eigenvalue weighted by molar-refractivity contribution is 0.0658. The molecule has 23 heavy (non-hydrogen) atoms. The molecule has 0 aliphatic heterocycles. The molecule has 1 aliphatic carbocycles. The zero-order valence-electron chi connectivity index (χ0n) is 12.6. The van der Waals surface area contributed by atoms with Crippen molar-refractivity contribution in [1.82, 2.24) is 20.2 Å². The number of nitrogens with zero attached hydrogens (tertiary/aromatic N) is 3. The molecule has 3 rings (SSSR count). The number of ketones is 1. The molecule has 0 radical (unpaired) electrons. The molecule has 4 atom stereocenters. The van der Waals surface area contributed by atoms with E-state index in [0.29, 0.717) is 12.8 Å². The monoisotopic (exact) mass is 319 g/mol. The van der Waals surface area contributed by atoms with Gasteiger partial charge in [-0.3, -0.25) is 9.89 Å². The summed E-state index contributed by atoms with van der Waals surface area (Å²) in [5.74, 6) is -0.199. The minimum Gasteiger partial charge on any atom is -0.390 e. The van der Waals surface area contributed by atoms with Gasteiger partial charge in [-0.2, -0.15) is 5.10 Å². The topological polar surface area (TPSA) is 104 Å². The minimum atomic E-state index is -1.40. The SMILES string of the molecule is CC[C@H]1C[C@@H](Nc2ncncc2C(=O)c2cc[nH]n2)[C@@H](F)[C@@H]1O. The average Bonchev–Trinajstić information content (AvgIpc) is 3.19. The summed E-state index contributed by atoms with van der Waals surface area (Å²) in [5, 5.41) is 19.3. The molecule has 7 nitrogen and oxygen atoms in total. The summed E-state index contributed by atoms with van der Waals surface area (Å²) in [6.45, 7) is 1.92. The highest BCUT2D eigenvalue weighted by atomic mass is 19.1. The molecule has 2 aromatic heterocycles. The highest BCUT2D eigenvalue weighted by molar-refractivity contribution is 6.10. The predicted octanol–water partition coefficient (Wildman–Crippen LogP) is 1.34. The Bertz CT molecular complexity index is 678. The fourth-order valence-electron chi connectivity index (χ4n) is 2.95. The number of aromatic nitrogens is 4. The summed E-state index contributed by atoms with van der Waals surface area (Å²) in [4.78, 5) is 20.3. The van der Waals surface area contributed by atoms with Crippen LogP contribution < -0.4 is 5.32 Å². The quantitative estimate of drug-likeness (QED) is 0.719. The third-order valence-electron chi connectivity index (χ3n) is 4.29. The lowest BCUT2D eigenvalue weighted by atomic mass is 10.0. The van der Waals surface area contributed by atoms with Gasteiger partial charge < -0.3 is 10.4 Å². The maximum absolute atomic E-state index is 14.3. The molecule has 122 valence electrons. The fraction of sp³-hybridized carbons (Fsp3) is 0.467. The van der Waals surface area contributed by atoms with Gasteiger partial charge in [0, 0.05) is 12.4 Å². The Morgan fingerprint density at radius 3 is 3.04 bits per heavy atom. The predicted molar refractivity (Wildman–Crippen MR) is 80.8 cm³/mol. The third kappa shape index (κ3) is 2.94. The fourth-order valence-corrected chi connectivity index (χ4v) is 2.95. The van der Waals surface area contributed by atoms with Gasteiger partial charge in [0.1, 0.15) is 24.0 Å². The Labute approximate surface area is 132 Å². The van der Waals surface area contributed by atoms with Crippen molar-refractivity contribution in [2.75, 3.05) is 5.32 Å². The number of aromatic amines is 1. The standard InChI is InChI=1S/C15H18FN5O2/c1-2-8-5-11(12(16)13(8)22)20-15-9(6-17-7-18-15)14(23)10-3-4-19-21-10/h3-4,6-8,11-13,22H,2,5H2,1H3,(H,19,21)(H,17,18,20)/t8-,11+,12+,13+/m0/s1. The summed E-state index contributed by atoms with van der Waals surface area (Å²) >= 11 is 0. The van der Waals surface area contributed by atoms with Gasteiger partial charge in [0.25, 0.3) is 0 Å². The van der Waals surface area contributed by atoms with E-state index in [1.807, 2.05) is 6.92 Å². The zero-order chi connectivity index (χ0) is 16.4. The van der Waals surface area contributed by atoms with Crippen LogP contribution in [0.5, 0.6) is 0 Å². The van der Waals surface area contributed by atoms with Crippen molar-refractivity contribution in [2.45, 2.75) is 38.1 Å². The van der Waals surface area contributed by atoms with E-state index in [1.165, 1.54) is 12.5 Å². The number of hydrogen-bond acceptors (Lipinski definition) is 6. The van der Waals surface area contributed by atoms with Gasteiger partial charge in [-0.15, -0.1) is 0 Å². The number of H-pyrrole nitrogens is 1. The van der Waals surface area contributed by atoms with Crippen LogP contribution in [-0.2, 0) is 0 Å². The molecule has 0 saturated heterocycles. The first-order chi connectivity index (χ1) is 11.1. The van der Waals surface area contributed by atoms with E-state index < -0.39 is 18.3 Å². The van der Waals surface area contributed by atoms with Crippen molar-refractivity contribution in [3.05, 3.63) is 36.0 Å². The Hall–Kier alpha value is -2.35. The van der Waals surface area contributed by atoms with Crippen LogP contribution in [0.1, 0.15) is 35.8 Å². The molecule has 1 fully saturated rings. The van der Waals surface area contributed by atoms with Gasteiger partial charge in [-0.05, 0) is 18.4 Å². The highest BCUT2D eigenvalue weighted by Gasteiger charge is 2.42. The van der Waals surface area contributed by atoms with Crippen LogP contribution in [0, 0.1) is 5.92 Å². The van der Waals surface area contributed by atoms with E-state index in [1.54, 1.807) is 12.3 Å². The van der Waals surface area contributed by atoms with Crippen LogP contribution in [0.15, 0.2) is 24.8 Å². The van der Waals surface area contributed by atoms with Crippen molar-refractivity contribution in [3.63, 3.8) is 0 Å². The van der Waals surface area contributed by atoms with Crippen LogP contribution in [0.25, 0.3) is 0 Å². The van der Waals surface area contributed by atoms with Gasteiger partial charge in [-0.25, -0.2) is 14.4 Å². The van der Waals surface area contributed by atoms with Crippen molar-refractivity contribution in [3.8, 4) is 0 Å². The molecule has 0 unspecified atom stereocenters. The molecule has 3 N–H and O–H groups in total. The van der Waals surface area contributed by atoms with Crippen LogP contribution in [0.4, 0.5) is 10.2 Å². The molecular formula is C15H18FN5O2. The molecule has 0 bridgehead atoms. The molecule has 0 aromatic carbocycles. The Balaban J connectivity index is 1.83. The first-order valence-electron chi connectivity index (χ1n) is 7.55. The second kappa shape index (κ2) is 6.41. The van der Waals surface area contributed by atoms with Crippen molar-refractivity contribution < 1.29 is 14.3 Å². The van der Waals surface area contributed by atoms with E-state index in [-0.39, 0.29) is 28.8 Å². The Morgan fingerprint density at radius 2 is 2.39 bits per heavy atom. The number of nitrogens with one attached hydrogen (secondary N) is 2. The number of aliphatic hydroxyl groups is 1. The van der Waals surface area contributed by atoms with E-state index in [9.17, 15) is 14.3 Å². The summed E-state index contributed by atoms with van der Waals surface area (Å²) in [5.41, 5.74) is 0.457. The van der Waals surface area contributed by atoms with E-state index in [2.05, 4.69) is 25.5 Å². The smallest absolute Gasteiger partial charge is 0.218 e. The zero-order valence-corrected chi connectivity index (χ0v) is 12.6. The second-order valence-corrected chi connectivity index (χ2v) is 5.66. The molecule has 0 amide bonds. The number of carbonyl (C=O) groups is 1. The van der Waals surface area contributed by atoms with E-state index >= 15 is 0 Å². The summed E-state index contributed by atoms with van der Waals surface area (Å²) < 4.78 is 14.3. The minimum absolute atomic E-state index is 0.102. The third-order valence-corrected chi connectivity index (χ3v) is 4.29. The first-order valence-corrected chi connectivity index (χ1v) is 7.55. The Morgan fingerprint density at radius 1 is 1.57 bits per heavy atom. The van der Waals surface area contributed by atoms with Gasteiger partial charge >= 0.3 is 0 Å². The number of alkyl halides is 1. The molecule has 0 spiro atoms. The van der Waals surface area contributed by atoms with Crippen molar-refractivity contribution in [2.24, 2.45) is 5.92 Å². The summed E-state index contributed by atoms with van der Waals surface area (Å²) in [6.07, 6.45) is 3.00. The van der Waals surface area contributed by atoms with E-state index in [0.717, 1.165) is 0 Å². The van der Waals surface area contributed by atoms with Crippen LogP contribution in [-0.4, -0.2) is 49.4 Å². The van der Waals surface area contributed by atoms with Gasteiger partial charge in [-0.1, -0.05) is 13.3 Å². The molecular weight excluding hydrogens is 301 g/mol. The first kappa shape index (κ1) is 15.5. The van der Waals surface area contributed by atoms with Gasteiger partial charge in [0.2, 0.25) is 5.78 Å². The maximum atomic E-state index is 14.3. The van der Waals surface area contributed by atoms with Crippen LogP contribution >= 0.6 is 0 Å². The van der Waals surface area contributed by atoms with Crippen LogP contribution in [0.3, 0.4) is 0 Å². The number of halogens is 1. The highest BCUT2D eigenvalue weighted by Crippen LogP contribution is 2.33. The number of carbonyl (C=O) groups excluding carboxylic acids is 1. The molecule has 8 heteroatoms. The Kier molecular flexibility index (Phi) is 4.33. The number of rotatable bonds is 5. The second-order valence-electron chi connectivity index (χ2n) is 5.66. The lowest BCUT2D eigenvalue weighted by Crippen LogP contribution is -2.32. The maximum Gasteiger partial charge on any atom is 0.218 e. The van der Waals surface area contributed by atoms with Gasteiger partial charge in [0.05, 0.1) is 17.7 Å². The molecule has 1 saturated carbocycles.